The number of hydrogen-bond acceptors (Lipinski definition) is 3. The highest BCUT2D eigenvalue weighted by Gasteiger charge is 2.23. The number of hydrogen-bond donors (Lipinski definition) is 3. The molecule has 0 fully saturated rings. The van der Waals surface area contributed by atoms with Gasteiger partial charge in [-0.2, -0.15) is 0 Å². The summed E-state index contributed by atoms with van der Waals surface area (Å²) in [5.74, 6) is 0. The molecule has 1 atom stereocenters. The Morgan fingerprint density at radius 3 is 2.57 bits per heavy atom. The van der Waals surface area contributed by atoms with Crippen molar-refractivity contribution >= 4 is 6.03 Å². The third-order valence-electron chi connectivity index (χ3n) is 3.72. The molecule has 0 saturated heterocycles. The molecule has 1 aromatic carbocycles. The molecular weight excluding hydrogens is 268 g/mol. The smallest absolute Gasteiger partial charge is 0.315 e. The van der Waals surface area contributed by atoms with Gasteiger partial charge >= 0.3 is 6.03 Å². The van der Waals surface area contributed by atoms with Gasteiger partial charge in [0, 0.05) is 25.8 Å². The first kappa shape index (κ1) is 17.5. The number of rotatable bonds is 8. The zero-order valence-corrected chi connectivity index (χ0v) is 13.1. The first-order chi connectivity index (χ1) is 10.0. The topological polar surface area (TPSA) is 70.6 Å². The molecule has 0 aliphatic heterocycles. The van der Waals surface area contributed by atoms with Gasteiger partial charge in [0.2, 0.25) is 0 Å². The van der Waals surface area contributed by atoms with Crippen molar-refractivity contribution in [2.75, 3.05) is 13.7 Å². The van der Waals surface area contributed by atoms with Crippen molar-refractivity contribution in [2.24, 2.45) is 0 Å². The van der Waals surface area contributed by atoms with E-state index >= 15 is 0 Å². The van der Waals surface area contributed by atoms with Crippen LogP contribution in [0.2, 0.25) is 0 Å². The van der Waals surface area contributed by atoms with Crippen molar-refractivity contribution in [3.05, 3.63) is 35.4 Å². The van der Waals surface area contributed by atoms with Gasteiger partial charge in [0.15, 0.2) is 0 Å². The number of carbonyl (C=O) groups is 1. The molecule has 0 aliphatic carbocycles. The van der Waals surface area contributed by atoms with E-state index in [1.165, 1.54) is 0 Å². The zero-order valence-electron chi connectivity index (χ0n) is 13.1. The highest BCUT2D eigenvalue weighted by atomic mass is 16.5. The van der Waals surface area contributed by atoms with Crippen molar-refractivity contribution in [1.29, 1.82) is 0 Å². The van der Waals surface area contributed by atoms with Crippen LogP contribution in [0.3, 0.4) is 0 Å². The molecule has 0 saturated carbocycles. The average molecular weight is 294 g/mol. The van der Waals surface area contributed by atoms with Crippen molar-refractivity contribution in [3.63, 3.8) is 0 Å². The number of aliphatic hydroxyl groups is 1. The van der Waals surface area contributed by atoms with Crippen LogP contribution in [-0.2, 0) is 17.9 Å². The van der Waals surface area contributed by atoms with E-state index in [4.69, 9.17) is 9.84 Å². The van der Waals surface area contributed by atoms with Crippen molar-refractivity contribution in [1.82, 2.24) is 10.6 Å². The Morgan fingerprint density at radius 2 is 2.00 bits per heavy atom. The van der Waals surface area contributed by atoms with Gasteiger partial charge in [-0.25, -0.2) is 4.79 Å². The largest absolute Gasteiger partial charge is 0.396 e. The van der Waals surface area contributed by atoms with Gasteiger partial charge in [-0.1, -0.05) is 31.2 Å². The van der Waals surface area contributed by atoms with Crippen LogP contribution in [-0.4, -0.2) is 30.4 Å². The van der Waals surface area contributed by atoms with Crippen molar-refractivity contribution in [3.8, 4) is 0 Å². The summed E-state index contributed by atoms with van der Waals surface area (Å²) >= 11 is 0. The fraction of sp³-hybridized carbons (Fsp3) is 0.562. The molecular formula is C16H26N2O3. The van der Waals surface area contributed by atoms with Crippen molar-refractivity contribution < 1.29 is 14.6 Å². The second-order valence-corrected chi connectivity index (χ2v) is 5.40. The molecule has 5 heteroatoms. The van der Waals surface area contributed by atoms with Crippen LogP contribution >= 0.6 is 0 Å². The maximum atomic E-state index is 12.0. The molecule has 21 heavy (non-hydrogen) atoms. The van der Waals surface area contributed by atoms with Crippen LogP contribution < -0.4 is 10.6 Å². The predicted octanol–water partition coefficient (Wildman–Crippen LogP) is 2.18. The first-order valence-electron chi connectivity index (χ1n) is 7.27. The van der Waals surface area contributed by atoms with E-state index in [-0.39, 0.29) is 18.2 Å². The first-order valence-corrected chi connectivity index (χ1v) is 7.27. The molecule has 1 aromatic rings. The van der Waals surface area contributed by atoms with E-state index in [2.05, 4.69) is 10.6 Å². The molecule has 1 rings (SSSR count). The van der Waals surface area contributed by atoms with Gasteiger partial charge in [0.1, 0.15) is 0 Å². The summed E-state index contributed by atoms with van der Waals surface area (Å²) < 4.78 is 5.15. The maximum absolute atomic E-state index is 12.0. The van der Waals surface area contributed by atoms with Crippen LogP contribution in [0.15, 0.2) is 24.3 Å². The van der Waals surface area contributed by atoms with Crippen LogP contribution in [0.4, 0.5) is 4.79 Å². The lowest BCUT2D eigenvalue weighted by atomic mass is 9.95. The summed E-state index contributed by atoms with van der Waals surface area (Å²) in [5.41, 5.74) is 1.72. The van der Waals surface area contributed by atoms with Crippen LogP contribution in [0.25, 0.3) is 0 Å². The molecule has 0 radical (unpaired) electrons. The Bertz CT molecular complexity index is 451. The SMILES string of the molecule is CCC(C)(CCO)NC(=O)NCc1ccccc1COC. The summed E-state index contributed by atoms with van der Waals surface area (Å²) in [5, 5.41) is 14.8. The molecule has 0 heterocycles. The molecule has 118 valence electrons. The van der Waals surface area contributed by atoms with Gasteiger partial charge < -0.3 is 20.5 Å². The summed E-state index contributed by atoms with van der Waals surface area (Å²) in [6.07, 6.45) is 1.30. The normalized spacial score (nSPS) is 13.5. The minimum Gasteiger partial charge on any atom is -0.396 e. The van der Waals surface area contributed by atoms with Gasteiger partial charge in [-0.3, -0.25) is 0 Å². The lowest BCUT2D eigenvalue weighted by Crippen LogP contribution is -2.50. The van der Waals surface area contributed by atoms with Gasteiger partial charge in [0.25, 0.3) is 0 Å². The predicted molar refractivity (Wildman–Crippen MR) is 82.9 cm³/mol. The molecule has 0 bridgehead atoms. The Balaban J connectivity index is 2.57. The van der Waals surface area contributed by atoms with Crippen LogP contribution in [0, 0.1) is 0 Å². The lowest BCUT2D eigenvalue weighted by Gasteiger charge is -2.29. The number of ether oxygens (including phenoxy) is 1. The number of carbonyl (C=O) groups excluding carboxylic acids is 1. The third-order valence-corrected chi connectivity index (χ3v) is 3.72. The monoisotopic (exact) mass is 294 g/mol. The van der Waals surface area contributed by atoms with E-state index in [1.807, 2.05) is 38.1 Å². The summed E-state index contributed by atoms with van der Waals surface area (Å²) in [4.78, 5) is 12.0. The Kier molecular flexibility index (Phi) is 7.19. The fourth-order valence-corrected chi connectivity index (χ4v) is 2.09. The molecule has 0 aromatic heterocycles. The van der Waals surface area contributed by atoms with Crippen LogP contribution in [0.5, 0.6) is 0 Å². The summed E-state index contributed by atoms with van der Waals surface area (Å²) in [6, 6.07) is 7.63. The third kappa shape index (κ3) is 5.73. The number of nitrogens with one attached hydrogen (secondary N) is 2. The highest BCUT2D eigenvalue weighted by molar-refractivity contribution is 5.74. The minimum absolute atomic E-state index is 0.0568. The van der Waals surface area contributed by atoms with E-state index < -0.39 is 0 Å². The van der Waals surface area contributed by atoms with Crippen LogP contribution in [0.1, 0.15) is 37.8 Å². The molecule has 1 unspecified atom stereocenters. The Labute approximate surface area is 126 Å². The number of aliphatic hydroxyl groups excluding tert-OH is 1. The number of methoxy groups -OCH3 is 1. The van der Waals surface area contributed by atoms with Gasteiger partial charge in [0.05, 0.1) is 6.61 Å². The molecule has 2 amide bonds. The standard InChI is InChI=1S/C16H26N2O3/c1-4-16(2,9-10-19)18-15(20)17-11-13-7-5-6-8-14(13)12-21-3/h5-8,19H,4,9-12H2,1-3H3,(H2,17,18,20). The van der Waals surface area contributed by atoms with E-state index in [9.17, 15) is 4.79 Å². The molecule has 3 N–H and O–H groups in total. The highest BCUT2D eigenvalue weighted by Crippen LogP contribution is 2.14. The molecule has 0 aliphatic rings. The second-order valence-electron chi connectivity index (χ2n) is 5.40. The zero-order chi connectivity index (χ0) is 15.7. The lowest BCUT2D eigenvalue weighted by molar-refractivity contribution is 0.183. The maximum Gasteiger partial charge on any atom is 0.315 e. The molecule has 5 nitrogen and oxygen atoms in total. The summed E-state index contributed by atoms with van der Waals surface area (Å²) in [6.45, 7) is 4.95. The fourth-order valence-electron chi connectivity index (χ4n) is 2.09. The van der Waals surface area contributed by atoms with E-state index in [1.54, 1.807) is 7.11 Å². The molecule has 0 spiro atoms. The number of urea groups is 1. The number of amides is 2. The Morgan fingerprint density at radius 1 is 1.33 bits per heavy atom. The Hall–Kier alpha value is -1.59. The van der Waals surface area contributed by atoms with Gasteiger partial charge in [-0.15, -0.1) is 0 Å². The van der Waals surface area contributed by atoms with E-state index in [0.717, 1.165) is 17.5 Å². The minimum atomic E-state index is -0.384. The van der Waals surface area contributed by atoms with Gasteiger partial charge in [-0.05, 0) is 30.9 Å². The van der Waals surface area contributed by atoms with Crippen molar-refractivity contribution in [2.45, 2.75) is 45.4 Å². The quantitative estimate of drug-likeness (QED) is 0.688. The van der Waals surface area contributed by atoms with E-state index in [0.29, 0.717) is 19.6 Å². The summed E-state index contributed by atoms with van der Waals surface area (Å²) in [7, 11) is 1.65. The average Bonchev–Trinajstić information content (AvgIpc) is 2.47. The second kappa shape index (κ2) is 8.64. The number of benzene rings is 1.